The van der Waals surface area contributed by atoms with Crippen molar-refractivity contribution in [1.82, 2.24) is 5.32 Å². The standard InChI is InChI=1S/C9H14BrNO2S/c10-9-2-1-8(14-9)3-4-11-5-7(13)6-12/h1-2,7,11-13H,3-6H2. The fourth-order valence-electron chi connectivity index (χ4n) is 1.03. The van der Waals surface area contributed by atoms with E-state index >= 15 is 0 Å². The van der Waals surface area contributed by atoms with Crippen LogP contribution in [0.5, 0.6) is 0 Å². The summed E-state index contributed by atoms with van der Waals surface area (Å²) in [5, 5.41) is 20.7. The van der Waals surface area contributed by atoms with Gasteiger partial charge in [0.1, 0.15) is 0 Å². The monoisotopic (exact) mass is 279 g/mol. The highest BCUT2D eigenvalue weighted by molar-refractivity contribution is 9.11. The van der Waals surface area contributed by atoms with E-state index in [-0.39, 0.29) is 6.61 Å². The van der Waals surface area contributed by atoms with Crippen LogP contribution >= 0.6 is 27.3 Å². The van der Waals surface area contributed by atoms with Crippen molar-refractivity contribution in [3.63, 3.8) is 0 Å². The first-order chi connectivity index (χ1) is 6.72. The highest BCUT2D eigenvalue weighted by Crippen LogP contribution is 2.21. The largest absolute Gasteiger partial charge is 0.394 e. The van der Waals surface area contributed by atoms with E-state index < -0.39 is 6.10 Å². The lowest BCUT2D eigenvalue weighted by molar-refractivity contribution is 0.0947. The maximum absolute atomic E-state index is 9.04. The van der Waals surface area contributed by atoms with Crippen LogP contribution in [0.3, 0.4) is 0 Å². The number of halogens is 1. The van der Waals surface area contributed by atoms with E-state index in [1.807, 2.05) is 6.07 Å². The fraction of sp³-hybridized carbons (Fsp3) is 0.556. The molecule has 0 saturated carbocycles. The molecule has 0 aliphatic heterocycles. The Balaban J connectivity index is 2.10. The molecule has 1 aromatic rings. The van der Waals surface area contributed by atoms with Gasteiger partial charge < -0.3 is 15.5 Å². The molecule has 0 aromatic carbocycles. The van der Waals surface area contributed by atoms with Gasteiger partial charge in [0.05, 0.1) is 16.5 Å². The Kier molecular flexibility index (Phi) is 5.66. The van der Waals surface area contributed by atoms with Gasteiger partial charge in [0.15, 0.2) is 0 Å². The second-order valence-electron chi connectivity index (χ2n) is 3.00. The van der Waals surface area contributed by atoms with E-state index in [4.69, 9.17) is 10.2 Å². The van der Waals surface area contributed by atoms with Crippen molar-refractivity contribution in [2.24, 2.45) is 0 Å². The van der Waals surface area contributed by atoms with Gasteiger partial charge in [-0.3, -0.25) is 0 Å². The molecule has 3 nitrogen and oxygen atoms in total. The minimum atomic E-state index is -0.648. The average Bonchev–Trinajstić information content (AvgIpc) is 2.58. The second-order valence-corrected chi connectivity index (χ2v) is 5.54. The summed E-state index contributed by atoms with van der Waals surface area (Å²) < 4.78 is 1.14. The zero-order chi connectivity index (χ0) is 10.4. The van der Waals surface area contributed by atoms with Crippen molar-refractivity contribution in [1.29, 1.82) is 0 Å². The molecule has 80 valence electrons. The Morgan fingerprint density at radius 3 is 2.86 bits per heavy atom. The summed E-state index contributed by atoms with van der Waals surface area (Å²) in [5.41, 5.74) is 0. The third-order valence-corrected chi connectivity index (χ3v) is 3.45. The van der Waals surface area contributed by atoms with Crippen LogP contribution in [0.15, 0.2) is 15.9 Å². The second kappa shape index (κ2) is 6.53. The van der Waals surface area contributed by atoms with E-state index in [0.29, 0.717) is 6.54 Å². The molecule has 3 N–H and O–H groups in total. The summed E-state index contributed by atoms with van der Waals surface area (Å²) in [6.07, 6.45) is 0.305. The summed E-state index contributed by atoms with van der Waals surface area (Å²) in [7, 11) is 0. The quantitative estimate of drug-likeness (QED) is 0.681. The molecule has 0 bridgehead atoms. The molecular formula is C9H14BrNO2S. The van der Waals surface area contributed by atoms with Gasteiger partial charge in [0.2, 0.25) is 0 Å². The summed E-state index contributed by atoms with van der Waals surface area (Å²) in [4.78, 5) is 1.31. The van der Waals surface area contributed by atoms with Crippen molar-refractivity contribution in [2.75, 3.05) is 19.7 Å². The number of nitrogens with one attached hydrogen (secondary N) is 1. The van der Waals surface area contributed by atoms with E-state index in [9.17, 15) is 0 Å². The number of hydrogen-bond donors (Lipinski definition) is 3. The fourth-order valence-corrected chi connectivity index (χ4v) is 2.51. The smallest absolute Gasteiger partial charge is 0.0894 e. The third-order valence-electron chi connectivity index (χ3n) is 1.77. The average molecular weight is 280 g/mol. The minimum absolute atomic E-state index is 0.183. The molecule has 0 radical (unpaired) electrons. The Bertz CT molecular complexity index is 267. The van der Waals surface area contributed by atoms with Crippen LogP contribution in [0, 0.1) is 0 Å². The van der Waals surface area contributed by atoms with Crippen LogP contribution in [0.1, 0.15) is 4.88 Å². The van der Waals surface area contributed by atoms with Crippen molar-refractivity contribution in [2.45, 2.75) is 12.5 Å². The van der Waals surface area contributed by atoms with Gasteiger partial charge in [0.25, 0.3) is 0 Å². The molecule has 0 spiro atoms. The maximum atomic E-state index is 9.04. The van der Waals surface area contributed by atoms with E-state index in [1.54, 1.807) is 11.3 Å². The summed E-state index contributed by atoms with van der Waals surface area (Å²) in [6.45, 7) is 1.09. The third kappa shape index (κ3) is 4.52. The number of hydrogen-bond acceptors (Lipinski definition) is 4. The molecule has 5 heteroatoms. The van der Waals surface area contributed by atoms with Gasteiger partial charge in [0, 0.05) is 18.0 Å². The van der Waals surface area contributed by atoms with E-state index in [0.717, 1.165) is 16.8 Å². The van der Waals surface area contributed by atoms with E-state index in [1.165, 1.54) is 4.88 Å². The Morgan fingerprint density at radius 2 is 2.29 bits per heavy atom. The van der Waals surface area contributed by atoms with Gasteiger partial charge >= 0.3 is 0 Å². The molecule has 1 rings (SSSR count). The lowest BCUT2D eigenvalue weighted by Crippen LogP contribution is -2.30. The van der Waals surface area contributed by atoms with Gasteiger partial charge in [-0.15, -0.1) is 11.3 Å². The number of aliphatic hydroxyl groups excluding tert-OH is 2. The first-order valence-corrected chi connectivity index (χ1v) is 6.07. The Labute approximate surface area is 95.9 Å². The summed E-state index contributed by atoms with van der Waals surface area (Å²) in [6, 6.07) is 4.11. The molecule has 14 heavy (non-hydrogen) atoms. The molecule has 0 aliphatic rings. The molecule has 0 amide bonds. The molecule has 1 heterocycles. The van der Waals surface area contributed by atoms with Crippen LogP contribution in [0.25, 0.3) is 0 Å². The lowest BCUT2D eigenvalue weighted by Gasteiger charge is -2.07. The van der Waals surface area contributed by atoms with Gasteiger partial charge in [-0.2, -0.15) is 0 Å². The minimum Gasteiger partial charge on any atom is -0.394 e. The molecular weight excluding hydrogens is 266 g/mol. The summed E-state index contributed by atoms with van der Waals surface area (Å²) >= 11 is 5.12. The molecule has 0 saturated heterocycles. The normalized spacial score (nSPS) is 13.1. The van der Waals surface area contributed by atoms with Crippen molar-refractivity contribution in [3.05, 3.63) is 20.8 Å². The molecule has 1 atom stereocenters. The lowest BCUT2D eigenvalue weighted by atomic mass is 10.3. The molecule has 0 fully saturated rings. The van der Waals surface area contributed by atoms with Crippen LogP contribution in [-0.2, 0) is 6.42 Å². The maximum Gasteiger partial charge on any atom is 0.0894 e. The SMILES string of the molecule is OCC(O)CNCCc1ccc(Br)s1. The van der Waals surface area contributed by atoms with Crippen molar-refractivity contribution in [3.8, 4) is 0 Å². The zero-order valence-corrected chi connectivity index (χ0v) is 10.1. The topological polar surface area (TPSA) is 52.5 Å². The number of aliphatic hydroxyl groups is 2. The van der Waals surface area contributed by atoms with Crippen LogP contribution in [0.2, 0.25) is 0 Å². The van der Waals surface area contributed by atoms with Gasteiger partial charge in [-0.1, -0.05) is 0 Å². The first-order valence-electron chi connectivity index (χ1n) is 4.46. The highest BCUT2D eigenvalue weighted by Gasteiger charge is 2.01. The Morgan fingerprint density at radius 1 is 1.50 bits per heavy atom. The van der Waals surface area contributed by atoms with Crippen molar-refractivity contribution < 1.29 is 10.2 Å². The predicted molar refractivity (Wildman–Crippen MR) is 61.7 cm³/mol. The Hall–Kier alpha value is 0.0600. The summed E-state index contributed by atoms with van der Waals surface area (Å²) in [5.74, 6) is 0. The number of rotatable bonds is 6. The molecule has 1 unspecified atom stereocenters. The van der Waals surface area contributed by atoms with E-state index in [2.05, 4.69) is 27.3 Å². The van der Waals surface area contributed by atoms with Crippen molar-refractivity contribution >= 4 is 27.3 Å². The first kappa shape index (κ1) is 12.1. The molecule has 0 aliphatic carbocycles. The number of thiophene rings is 1. The predicted octanol–water partition coefficient (Wildman–Crippen LogP) is 0.996. The highest BCUT2D eigenvalue weighted by atomic mass is 79.9. The van der Waals surface area contributed by atoms with Gasteiger partial charge in [-0.25, -0.2) is 0 Å². The zero-order valence-electron chi connectivity index (χ0n) is 7.74. The van der Waals surface area contributed by atoms with Crippen LogP contribution in [-0.4, -0.2) is 36.0 Å². The van der Waals surface area contributed by atoms with Crippen LogP contribution in [0.4, 0.5) is 0 Å². The van der Waals surface area contributed by atoms with Crippen LogP contribution < -0.4 is 5.32 Å². The van der Waals surface area contributed by atoms with Gasteiger partial charge in [-0.05, 0) is 34.5 Å². The molecule has 1 aromatic heterocycles.